The van der Waals surface area contributed by atoms with E-state index in [-0.39, 0.29) is 18.3 Å². The average molecular weight is 214 g/mol. The van der Waals surface area contributed by atoms with E-state index in [0.29, 0.717) is 25.5 Å². The summed E-state index contributed by atoms with van der Waals surface area (Å²) >= 11 is 0. The zero-order valence-corrected chi connectivity index (χ0v) is 8.86. The van der Waals surface area contributed by atoms with Crippen molar-refractivity contribution in [3.05, 3.63) is 11.7 Å². The van der Waals surface area contributed by atoms with Gasteiger partial charge in [-0.05, 0) is 6.92 Å². The van der Waals surface area contributed by atoms with Crippen LogP contribution in [-0.4, -0.2) is 36.4 Å². The third-order valence-corrected chi connectivity index (χ3v) is 1.64. The predicted octanol–water partition coefficient (Wildman–Crippen LogP) is 0.364. The first-order chi connectivity index (χ1) is 7.26. The molecular weight excluding hydrogens is 200 g/mol. The van der Waals surface area contributed by atoms with E-state index in [1.54, 1.807) is 14.0 Å². The highest BCUT2D eigenvalue weighted by atomic mass is 16.5. The van der Waals surface area contributed by atoms with Crippen LogP contribution in [0.15, 0.2) is 4.52 Å². The number of carbonyl (C=O) groups is 1. The van der Waals surface area contributed by atoms with Crippen LogP contribution in [0.25, 0.3) is 0 Å². The number of nitrogens with zero attached hydrogens (tertiary/aromatic N) is 2. The van der Waals surface area contributed by atoms with E-state index >= 15 is 0 Å². The minimum atomic E-state index is -0.362. The fourth-order valence-electron chi connectivity index (χ4n) is 0.992. The Morgan fingerprint density at radius 3 is 3.00 bits per heavy atom. The van der Waals surface area contributed by atoms with Crippen molar-refractivity contribution in [1.82, 2.24) is 10.1 Å². The van der Waals surface area contributed by atoms with Crippen LogP contribution in [0.1, 0.15) is 18.6 Å². The van der Waals surface area contributed by atoms with Gasteiger partial charge in [-0.1, -0.05) is 5.16 Å². The first kappa shape index (κ1) is 11.6. The van der Waals surface area contributed by atoms with Gasteiger partial charge in [0, 0.05) is 13.5 Å². The molecule has 0 aliphatic carbocycles. The van der Waals surface area contributed by atoms with E-state index in [0.717, 1.165) is 0 Å². The van der Waals surface area contributed by atoms with Crippen LogP contribution >= 0.6 is 0 Å². The van der Waals surface area contributed by atoms with Crippen LogP contribution in [0.5, 0.6) is 0 Å². The molecule has 0 N–H and O–H groups in total. The zero-order valence-electron chi connectivity index (χ0n) is 8.86. The van der Waals surface area contributed by atoms with Crippen molar-refractivity contribution in [2.24, 2.45) is 0 Å². The maximum Gasteiger partial charge on any atom is 0.315 e. The Bertz CT molecular complexity index is 311. The first-order valence-corrected chi connectivity index (χ1v) is 4.72. The number of rotatable bonds is 6. The third kappa shape index (κ3) is 4.07. The molecule has 0 atom stereocenters. The molecular formula is C9H14N2O4. The molecule has 0 amide bonds. The van der Waals surface area contributed by atoms with Gasteiger partial charge in [-0.2, -0.15) is 4.98 Å². The summed E-state index contributed by atoms with van der Waals surface area (Å²) in [4.78, 5) is 15.1. The van der Waals surface area contributed by atoms with Crippen molar-refractivity contribution in [3.8, 4) is 0 Å². The molecule has 0 aromatic carbocycles. The van der Waals surface area contributed by atoms with Crippen LogP contribution in [0.4, 0.5) is 0 Å². The normalized spacial score (nSPS) is 10.3. The lowest BCUT2D eigenvalue weighted by Gasteiger charge is -1.96. The summed E-state index contributed by atoms with van der Waals surface area (Å²) in [5, 5.41) is 3.69. The van der Waals surface area contributed by atoms with Gasteiger partial charge in [0.05, 0.1) is 13.2 Å². The lowest BCUT2D eigenvalue weighted by Crippen LogP contribution is -2.07. The van der Waals surface area contributed by atoms with Gasteiger partial charge in [0.1, 0.15) is 6.42 Å². The Kier molecular flexibility index (Phi) is 4.76. The number of hydrogen-bond donors (Lipinski definition) is 0. The summed E-state index contributed by atoms with van der Waals surface area (Å²) in [7, 11) is 1.60. The van der Waals surface area contributed by atoms with Gasteiger partial charge in [0.2, 0.25) is 5.89 Å². The second kappa shape index (κ2) is 6.13. The molecule has 0 saturated carbocycles. The van der Waals surface area contributed by atoms with Crippen molar-refractivity contribution >= 4 is 5.97 Å². The van der Waals surface area contributed by atoms with Crippen molar-refractivity contribution in [1.29, 1.82) is 0 Å². The highest BCUT2D eigenvalue weighted by Gasteiger charge is 2.11. The van der Waals surface area contributed by atoms with E-state index in [9.17, 15) is 4.79 Å². The molecule has 0 bridgehead atoms. The Balaban J connectivity index is 2.42. The molecule has 0 saturated heterocycles. The summed E-state index contributed by atoms with van der Waals surface area (Å²) < 4.78 is 14.5. The van der Waals surface area contributed by atoms with Crippen LogP contribution in [0.3, 0.4) is 0 Å². The molecule has 0 radical (unpaired) electrons. The Labute approximate surface area is 87.6 Å². The average Bonchev–Trinajstić information content (AvgIpc) is 2.63. The van der Waals surface area contributed by atoms with Gasteiger partial charge in [0.15, 0.2) is 5.82 Å². The van der Waals surface area contributed by atoms with Crippen molar-refractivity contribution in [2.75, 3.05) is 20.3 Å². The molecule has 0 spiro atoms. The van der Waals surface area contributed by atoms with Gasteiger partial charge < -0.3 is 14.0 Å². The minimum Gasteiger partial charge on any atom is -0.466 e. The lowest BCUT2D eigenvalue weighted by atomic mass is 10.4. The Morgan fingerprint density at radius 2 is 2.33 bits per heavy atom. The molecule has 0 aliphatic rings. The number of hydrogen-bond acceptors (Lipinski definition) is 6. The molecule has 1 aromatic rings. The summed E-state index contributed by atoms with van der Waals surface area (Å²) in [6.45, 7) is 2.62. The standard InChI is InChI=1S/C9H14N2O4/c1-3-14-9(12)6-8-10-7(11-15-8)4-5-13-2/h3-6H2,1-2H3. The first-order valence-electron chi connectivity index (χ1n) is 4.72. The second-order valence-corrected chi connectivity index (χ2v) is 2.83. The summed E-state index contributed by atoms with van der Waals surface area (Å²) in [6, 6.07) is 0. The third-order valence-electron chi connectivity index (χ3n) is 1.64. The summed E-state index contributed by atoms with van der Waals surface area (Å²) in [5.41, 5.74) is 0. The van der Waals surface area contributed by atoms with E-state index in [2.05, 4.69) is 10.1 Å². The molecule has 0 unspecified atom stereocenters. The summed E-state index contributed by atoms with van der Waals surface area (Å²) in [6.07, 6.45) is 0.594. The van der Waals surface area contributed by atoms with Gasteiger partial charge in [0.25, 0.3) is 0 Å². The molecule has 6 nitrogen and oxygen atoms in total. The van der Waals surface area contributed by atoms with E-state index < -0.39 is 0 Å². The van der Waals surface area contributed by atoms with Gasteiger partial charge >= 0.3 is 5.97 Å². The van der Waals surface area contributed by atoms with E-state index in [1.807, 2.05) is 0 Å². The van der Waals surface area contributed by atoms with Crippen LogP contribution in [0, 0.1) is 0 Å². The second-order valence-electron chi connectivity index (χ2n) is 2.83. The van der Waals surface area contributed by atoms with Crippen molar-refractivity contribution in [2.45, 2.75) is 19.8 Å². The van der Waals surface area contributed by atoms with Crippen LogP contribution in [-0.2, 0) is 27.1 Å². The Hall–Kier alpha value is -1.43. The SMILES string of the molecule is CCOC(=O)Cc1nc(CCOC)no1. The van der Waals surface area contributed by atoms with E-state index in [1.165, 1.54) is 0 Å². The van der Waals surface area contributed by atoms with Crippen molar-refractivity contribution < 1.29 is 18.8 Å². The van der Waals surface area contributed by atoms with Gasteiger partial charge in [-0.15, -0.1) is 0 Å². The fourth-order valence-corrected chi connectivity index (χ4v) is 0.992. The van der Waals surface area contributed by atoms with Gasteiger partial charge in [-0.25, -0.2) is 0 Å². The molecule has 84 valence electrons. The lowest BCUT2D eigenvalue weighted by molar-refractivity contribution is -0.142. The number of carbonyl (C=O) groups excluding carboxylic acids is 1. The molecule has 6 heteroatoms. The highest BCUT2D eigenvalue weighted by molar-refractivity contribution is 5.71. The summed E-state index contributed by atoms with van der Waals surface area (Å²) in [5.74, 6) is 0.454. The number of ether oxygens (including phenoxy) is 2. The number of methoxy groups -OCH3 is 1. The van der Waals surface area contributed by atoms with E-state index in [4.69, 9.17) is 14.0 Å². The molecule has 0 fully saturated rings. The largest absolute Gasteiger partial charge is 0.466 e. The molecule has 0 aliphatic heterocycles. The number of esters is 1. The maximum atomic E-state index is 11.1. The molecule has 1 aromatic heterocycles. The zero-order chi connectivity index (χ0) is 11.1. The topological polar surface area (TPSA) is 74.5 Å². The smallest absolute Gasteiger partial charge is 0.315 e. The molecule has 1 rings (SSSR count). The maximum absolute atomic E-state index is 11.1. The predicted molar refractivity (Wildman–Crippen MR) is 50.2 cm³/mol. The highest BCUT2D eigenvalue weighted by Crippen LogP contribution is 2.00. The monoisotopic (exact) mass is 214 g/mol. The van der Waals surface area contributed by atoms with Crippen LogP contribution in [0.2, 0.25) is 0 Å². The van der Waals surface area contributed by atoms with Crippen molar-refractivity contribution in [3.63, 3.8) is 0 Å². The van der Waals surface area contributed by atoms with Crippen LogP contribution < -0.4 is 0 Å². The molecule has 1 heterocycles. The quantitative estimate of drug-likeness (QED) is 0.637. The van der Waals surface area contributed by atoms with Gasteiger partial charge in [-0.3, -0.25) is 4.79 Å². The minimum absolute atomic E-state index is 0.0216. The fraction of sp³-hybridized carbons (Fsp3) is 0.667. The number of aromatic nitrogens is 2. The Morgan fingerprint density at radius 1 is 1.53 bits per heavy atom. The molecule has 15 heavy (non-hydrogen) atoms.